The molecule has 16 heavy (non-hydrogen) atoms. The van der Waals surface area contributed by atoms with Crippen molar-refractivity contribution in [1.29, 1.82) is 0 Å². The molecule has 0 aliphatic heterocycles. The molecule has 0 radical (unpaired) electrons. The zero-order valence-electron chi connectivity index (χ0n) is 11.2. The van der Waals surface area contributed by atoms with Gasteiger partial charge in [-0.2, -0.15) is 0 Å². The lowest BCUT2D eigenvalue weighted by atomic mass is 10.3. The number of rotatable bonds is 5. The Kier molecular flexibility index (Phi) is 9.83. The summed E-state index contributed by atoms with van der Waals surface area (Å²) in [5.74, 6) is 0. The molecule has 2 nitrogen and oxygen atoms in total. The van der Waals surface area contributed by atoms with E-state index in [1.807, 2.05) is 18.2 Å². The average molecular weight is 222 g/mol. The minimum absolute atomic E-state index is 0.990. The first-order chi connectivity index (χ1) is 7.78. The van der Waals surface area contributed by atoms with E-state index >= 15 is 0 Å². The highest BCUT2D eigenvalue weighted by molar-refractivity contribution is 5.41. The summed E-state index contributed by atoms with van der Waals surface area (Å²) in [6.07, 6.45) is 0. The van der Waals surface area contributed by atoms with Crippen LogP contribution in [-0.2, 0) is 0 Å². The van der Waals surface area contributed by atoms with Crippen LogP contribution in [0, 0.1) is 0 Å². The van der Waals surface area contributed by atoms with Crippen molar-refractivity contribution in [2.75, 3.05) is 31.5 Å². The van der Waals surface area contributed by atoms with E-state index in [-0.39, 0.29) is 0 Å². The predicted octanol–water partition coefficient (Wildman–Crippen LogP) is 3.47. The molecule has 0 heterocycles. The number of nitrogens with one attached hydrogen (secondary N) is 1. The highest BCUT2D eigenvalue weighted by Crippen LogP contribution is 2.02. The van der Waals surface area contributed by atoms with Crippen LogP contribution in [-0.4, -0.2) is 31.1 Å². The van der Waals surface area contributed by atoms with Gasteiger partial charge in [-0.15, -0.1) is 0 Å². The van der Waals surface area contributed by atoms with E-state index in [4.69, 9.17) is 0 Å². The maximum Gasteiger partial charge on any atom is 0.0340 e. The molecular weight excluding hydrogens is 196 g/mol. The Morgan fingerprint density at radius 3 is 1.69 bits per heavy atom. The first-order valence-corrected chi connectivity index (χ1v) is 6.29. The van der Waals surface area contributed by atoms with Crippen LogP contribution in [0.1, 0.15) is 27.7 Å². The summed E-state index contributed by atoms with van der Waals surface area (Å²) in [7, 11) is 0. The van der Waals surface area contributed by atoms with Gasteiger partial charge in [-0.05, 0) is 38.7 Å². The summed E-state index contributed by atoms with van der Waals surface area (Å²) in [4.78, 5) is 2.38. The van der Waals surface area contributed by atoms with Gasteiger partial charge in [0.25, 0.3) is 0 Å². The topological polar surface area (TPSA) is 15.3 Å². The summed E-state index contributed by atoms with van der Waals surface area (Å²) in [5.41, 5.74) is 1.19. The molecule has 0 aliphatic carbocycles. The Balaban J connectivity index is 0.000000293. The molecule has 0 amide bonds. The highest BCUT2D eigenvalue weighted by atomic mass is 15.1. The lowest BCUT2D eigenvalue weighted by Crippen LogP contribution is -2.21. The van der Waals surface area contributed by atoms with Crippen molar-refractivity contribution in [2.24, 2.45) is 0 Å². The van der Waals surface area contributed by atoms with Crippen molar-refractivity contribution in [3.63, 3.8) is 0 Å². The second kappa shape index (κ2) is 10.5. The molecule has 0 unspecified atom stereocenters. The van der Waals surface area contributed by atoms with Crippen molar-refractivity contribution in [1.82, 2.24) is 4.90 Å². The first-order valence-electron chi connectivity index (χ1n) is 6.29. The second-order valence-electron chi connectivity index (χ2n) is 3.52. The smallest absolute Gasteiger partial charge is 0.0340 e. The monoisotopic (exact) mass is 222 g/mol. The van der Waals surface area contributed by atoms with Gasteiger partial charge in [0.05, 0.1) is 0 Å². The third kappa shape index (κ3) is 7.30. The standard InChI is InChI=1S/C8H11N.C6H15N/c1-2-9-8-6-4-3-5-7-8;1-4-7(5-2)6-3/h3-7,9H,2H2,1H3;4-6H2,1-3H3. The van der Waals surface area contributed by atoms with Crippen LogP contribution < -0.4 is 5.32 Å². The summed E-state index contributed by atoms with van der Waals surface area (Å²) in [6.45, 7) is 13.2. The lowest BCUT2D eigenvalue weighted by molar-refractivity contribution is 0.321. The van der Waals surface area contributed by atoms with Gasteiger partial charge in [-0.3, -0.25) is 0 Å². The molecule has 0 bridgehead atoms. The Hall–Kier alpha value is -1.02. The fourth-order valence-corrected chi connectivity index (χ4v) is 1.43. The second-order valence-corrected chi connectivity index (χ2v) is 3.52. The zero-order valence-corrected chi connectivity index (χ0v) is 11.2. The molecule has 0 spiro atoms. The molecule has 1 rings (SSSR count). The van der Waals surface area contributed by atoms with Gasteiger partial charge in [-0.25, -0.2) is 0 Å². The largest absolute Gasteiger partial charge is 0.385 e. The molecule has 1 N–H and O–H groups in total. The number of benzene rings is 1. The van der Waals surface area contributed by atoms with E-state index in [1.54, 1.807) is 0 Å². The summed E-state index contributed by atoms with van der Waals surface area (Å²) in [5, 5.41) is 3.21. The predicted molar refractivity (Wildman–Crippen MR) is 74.1 cm³/mol. The maximum atomic E-state index is 3.21. The van der Waals surface area contributed by atoms with Crippen LogP contribution >= 0.6 is 0 Å². The van der Waals surface area contributed by atoms with Gasteiger partial charge in [-0.1, -0.05) is 39.0 Å². The number of anilines is 1. The van der Waals surface area contributed by atoms with Crippen molar-refractivity contribution >= 4 is 5.69 Å². The lowest BCUT2D eigenvalue weighted by Gasteiger charge is -2.13. The first kappa shape index (κ1) is 15.0. The average Bonchev–Trinajstić information content (AvgIpc) is 2.34. The minimum atomic E-state index is 0.990. The van der Waals surface area contributed by atoms with Crippen molar-refractivity contribution in [2.45, 2.75) is 27.7 Å². The quantitative estimate of drug-likeness (QED) is 0.820. The van der Waals surface area contributed by atoms with E-state index < -0.39 is 0 Å². The van der Waals surface area contributed by atoms with E-state index in [9.17, 15) is 0 Å². The molecule has 0 aliphatic rings. The third-order valence-corrected chi connectivity index (χ3v) is 2.50. The number of para-hydroxylation sites is 1. The van der Waals surface area contributed by atoms with E-state index in [2.05, 4.69) is 50.0 Å². The van der Waals surface area contributed by atoms with Crippen molar-refractivity contribution in [3.05, 3.63) is 30.3 Å². The SMILES string of the molecule is CCN(CC)CC.CCNc1ccccc1. The van der Waals surface area contributed by atoms with E-state index in [0.29, 0.717) is 0 Å². The van der Waals surface area contributed by atoms with Gasteiger partial charge >= 0.3 is 0 Å². The van der Waals surface area contributed by atoms with Crippen LogP contribution in [0.3, 0.4) is 0 Å². The number of hydrogen-bond donors (Lipinski definition) is 1. The van der Waals surface area contributed by atoms with Crippen molar-refractivity contribution < 1.29 is 0 Å². The molecule has 0 saturated heterocycles. The van der Waals surface area contributed by atoms with Crippen LogP contribution in [0.4, 0.5) is 5.69 Å². The Labute approximate surface area is 101 Å². The third-order valence-electron chi connectivity index (χ3n) is 2.50. The normalized spacial score (nSPS) is 9.56. The van der Waals surface area contributed by atoms with Crippen LogP contribution in [0.15, 0.2) is 30.3 Å². The van der Waals surface area contributed by atoms with E-state index in [1.165, 1.54) is 25.3 Å². The summed E-state index contributed by atoms with van der Waals surface area (Å²) >= 11 is 0. The van der Waals surface area contributed by atoms with Gasteiger partial charge in [0.1, 0.15) is 0 Å². The fraction of sp³-hybridized carbons (Fsp3) is 0.571. The Morgan fingerprint density at radius 2 is 1.38 bits per heavy atom. The van der Waals surface area contributed by atoms with Gasteiger partial charge in [0, 0.05) is 12.2 Å². The molecular formula is C14H26N2. The highest BCUT2D eigenvalue weighted by Gasteiger charge is 1.89. The fourth-order valence-electron chi connectivity index (χ4n) is 1.43. The zero-order chi connectivity index (χ0) is 12.2. The number of hydrogen-bond acceptors (Lipinski definition) is 2. The van der Waals surface area contributed by atoms with Crippen LogP contribution in [0.5, 0.6) is 0 Å². The molecule has 0 atom stereocenters. The molecule has 2 heteroatoms. The Bertz CT molecular complexity index is 224. The van der Waals surface area contributed by atoms with Crippen LogP contribution in [0.2, 0.25) is 0 Å². The minimum Gasteiger partial charge on any atom is -0.385 e. The van der Waals surface area contributed by atoms with E-state index in [0.717, 1.165) is 6.54 Å². The van der Waals surface area contributed by atoms with Crippen molar-refractivity contribution in [3.8, 4) is 0 Å². The maximum absolute atomic E-state index is 3.21. The van der Waals surface area contributed by atoms with Gasteiger partial charge in [0.15, 0.2) is 0 Å². The summed E-state index contributed by atoms with van der Waals surface area (Å²) < 4.78 is 0. The Morgan fingerprint density at radius 1 is 0.875 bits per heavy atom. The molecule has 1 aromatic rings. The van der Waals surface area contributed by atoms with Gasteiger partial charge in [0.2, 0.25) is 0 Å². The molecule has 0 saturated carbocycles. The van der Waals surface area contributed by atoms with Gasteiger partial charge < -0.3 is 10.2 Å². The summed E-state index contributed by atoms with van der Waals surface area (Å²) in [6, 6.07) is 10.2. The molecule has 92 valence electrons. The molecule has 0 aromatic heterocycles. The van der Waals surface area contributed by atoms with Crippen LogP contribution in [0.25, 0.3) is 0 Å². The molecule has 0 fully saturated rings. The molecule has 1 aromatic carbocycles. The number of nitrogens with zero attached hydrogens (tertiary/aromatic N) is 1.